The molecule has 37 heavy (non-hydrogen) atoms. The summed E-state index contributed by atoms with van der Waals surface area (Å²) < 4.78 is 4.87. The number of hydrogen-bond acceptors (Lipinski definition) is 4. The molecule has 0 spiro atoms. The fourth-order valence-corrected chi connectivity index (χ4v) is 5.28. The van der Waals surface area contributed by atoms with Crippen LogP contribution in [0.25, 0.3) is 17.2 Å². The molecule has 5 rings (SSSR count). The third-order valence-corrected chi connectivity index (χ3v) is 7.36. The van der Waals surface area contributed by atoms with Crippen molar-refractivity contribution in [1.82, 2.24) is 24.0 Å². The second kappa shape index (κ2) is 11.6. The normalized spacial score (nSPS) is 16.4. The van der Waals surface area contributed by atoms with Crippen molar-refractivity contribution in [2.75, 3.05) is 13.1 Å². The predicted octanol–water partition coefficient (Wildman–Crippen LogP) is 3.98. The average Bonchev–Trinajstić information content (AvgIpc) is 3.08. The van der Waals surface area contributed by atoms with Crippen LogP contribution in [0.3, 0.4) is 0 Å². The maximum atomic E-state index is 13.8. The Labute approximate surface area is 217 Å². The number of nitrogens with zero attached hydrogens (tertiary/aromatic N) is 4. The van der Waals surface area contributed by atoms with Crippen LogP contribution in [0.1, 0.15) is 42.6 Å². The lowest BCUT2D eigenvalue weighted by Crippen LogP contribution is -2.39. The van der Waals surface area contributed by atoms with Gasteiger partial charge in [0.05, 0.1) is 0 Å². The van der Waals surface area contributed by atoms with E-state index in [0.717, 1.165) is 49.3 Å². The summed E-state index contributed by atoms with van der Waals surface area (Å²) >= 11 is 0. The highest BCUT2D eigenvalue weighted by molar-refractivity contribution is 5.71. The number of hydrogen-bond donors (Lipinski definition) is 1. The molecule has 2 aromatic carbocycles. The standard InChI is InChI=1S/C30H35N5O2/c1-33-28-27(29(36)34(30(33)37)21-9-15-23-10-4-2-5-11-23)35(22-25-12-6-3-7-13-25)26(32-28)17-16-24-14-8-19-31-20-18-24/h2-7,9-13,15,24,31H,8,14,16-22H2,1H3/b15-9+. The molecule has 1 atom stereocenters. The third-order valence-electron chi connectivity index (χ3n) is 7.36. The lowest BCUT2D eigenvalue weighted by Gasteiger charge is -2.14. The second-order valence-corrected chi connectivity index (χ2v) is 9.93. The number of aromatic nitrogens is 4. The molecule has 0 saturated carbocycles. The van der Waals surface area contributed by atoms with Gasteiger partial charge in [0.2, 0.25) is 0 Å². The number of rotatable bonds is 8. The minimum absolute atomic E-state index is 0.206. The van der Waals surface area contributed by atoms with E-state index in [-0.39, 0.29) is 17.8 Å². The molecule has 0 radical (unpaired) electrons. The van der Waals surface area contributed by atoms with Crippen LogP contribution < -0.4 is 16.6 Å². The minimum atomic E-state index is -0.346. The molecule has 1 unspecified atom stereocenters. The molecule has 4 aromatic rings. The lowest BCUT2D eigenvalue weighted by atomic mass is 9.95. The fraction of sp³-hybridized carbons (Fsp3) is 0.367. The van der Waals surface area contributed by atoms with E-state index in [2.05, 4.69) is 17.4 Å². The van der Waals surface area contributed by atoms with E-state index in [1.807, 2.05) is 65.3 Å². The van der Waals surface area contributed by atoms with Gasteiger partial charge >= 0.3 is 5.69 Å². The average molecular weight is 498 g/mol. The molecule has 3 heterocycles. The van der Waals surface area contributed by atoms with Crippen LogP contribution in [0.2, 0.25) is 0 Å². The summed E-state index contributed by atoms with van der Waals surface area (Å²) in [6.07, 6.45) is 9.19. The van der Waals surface area contributed by atoms with E-state index in [9.17, 15) is 9.59 Å². The largest absolute Gasteiger partial charge is 0.332 e. The summed E-state index contributed by atoms with van der Waals surface area (Å²) in [7, 11) is 1.71. The summed E-state index contributed by atoms with van der Waals surface area (Å²) in [5, 5.41) is 3.49. The Balaban J connectivity index is 1.54. The van der Waals surface area contributed by atoms with Gasteiger partial charge in [-0.2, -0.15) is 0 Å². The van der Waals surface area contributed by atoms with E-state index in [1.165, 1.54) is 22.0 Å². The van der Waals surface area contributed by atoms with Crippen LogP contribution in [0.4, 0.5) is 0 Å². The maximum absolute atomic E-state index is 13.8. The summed E-state index contributed by atoms with van der Waals surface area (Å²) in [4.78, 5) is 31.9. The zero-order chi connectivity index (χ0) is 25.6. The molecule has 1 fully saturated rings. The Morgan fingerprint density at radius 3 is 2.51 bits per heavy atom. The molecule has 0 amide bonds. The van der Waals surface area contributed by atoms with Gasteiger partial charge in [0, 0.05) is 26.6 Å². The molecule has 1 aliphatic rings. The van der Waals surface area contributed by atoms with Gasteiger partial charge in [-0.15, -0.1) is 0 Å². The Bertz CT molecular complexity index is 1470. The van der Waals surface area contributed by atoms with Crippen LogP contribution >= 0.6 is 0 Å². The van der Waals surface area contributed by atoms with Crippen molar-refractivity contribution in [2.24, 2.45) is 13.0 Å². The Hall–Kier alpha value is -3.71. The third kappa shape index (κ3) is 5.67. The van der Waals surface area contributed by atoms with Gasteiger partial charge in [-0.25, -0.2) is 9.78 Å². The summed E-state index contributed by atoms with van der Waals surface area (Å²) in [5.74, 6) is 1.52. The molecule has 0 aliphatic carbocycles. The Morgan fingerprint density at radius 2 is 1.73 bits per heavy atom. The van der Waals surface area contributed by atoms with Crippen molar-refractivity contribution < 1.29 is 0 Å². The van der Waals surface area contributed by atoms with Crippen LogP contribution in [-0.4, -0.2) is 31.8 Å². The van der Waals surface area contributed by atoms with Crippen LogP contribution in [0.15, 0.2) is 76.3 Å². The second-order valence-electron chi connectivity index (χ2n) is 9.93. The smallest absolute Gasteiger partial charge is 0.318 e. The highest BCUT2D eigenvalue weighted by Gasteiger charge is 2.21. The molecule has 192 valence electrons. The zero-order valence-corrected chi connectivity index (χ0v) is 21.5. The lowest BCUT2D eigenvalue weighted by molar-refractivity contribution is 0.432. The molecule has 1 aliphatic heterocycles. The number of allylic oxidation sites excluding steroid dienone is 1. The van der Waals surface area contributed by atoms with E-state index < -0.39 is 0 Å². The molecule has 1 saturated heterocycles. The first-order valence-electron chi connectivity index (χ1n) is 13.3. The van der Waals surface area contributed by atoms with Gasteiger partial charge in [-0.3, -0.25) is 13.9 Å². The van der Waals surface area contributed by atoms with Crippen molar-refractivity contribution in [2.45, 2.75) is 45.2 Å². The number of fused-ring (bicyclic) bond motifs is 1. The predicted molar refractivity (Wildman–Crippen MR) is 149 cm³/mol. The highest BCUT2D eigenvalue weighted by atomic mass is 16.2. The highest BCUT2D eigenvalue weighted by Crippen LogP contribution is 2.22. The van der Waals surface area contributed by atoms with Gasteiger partial charge in [-0.05, 0) is 55.8 Å². The monoisotopic (exact) mass is 497 g/mol. The number of aryl methyl sites for hydroxylation is 2. The fourth-order valence-electron chi connectivity index (χ4n) is 5.28. The maximum Gasteiger partial charge on any atom is 0.332 e. The molecule has 1 N–H and O–H groups in total. The van der Waals surface area contributed by atoms with Crippen LogP contribution in [0.5, 0.6) is 0 Å². The van der Waals surface area contributed by atoms with Crippen LogP contribution in [-0.2, 0) is 26.6 Å². The topological polar surface area (TPSA) is 73.8 Å². The van der Waals surface area contributed by atoms with E-state index in [4.69, 9.17) is 4.98 Å². The molecule has 2 aromatic heterocycles. The van der Waals surface area contributed by atoms with Gasteiger partial charge in [0.1, 0.15) is 5.82 Å². The number of imidazole rings is 1. The first-order valence-corrected chi connectivity index (χ1v) is 13.3. The van der Waals surface area contributed by atoms with Gasteiger partial charge < -0.3 is 9.88 Å². The molecule has 7 nitrogen and oxygen atoms in total. The van der Waals surface area contributed by atoms with Crippen LogP contribution in [0, 0.1) is 5.92 Å². The van der Waals surface area contributed by atoms with Gasteiger partial charge in [0.15, 0.2) is 11.2 Å². The summed E-state index contributed by atoms with van der Waals surface area (Å²) in [6.45, 7) is 2.90. The van der Waals surface area contributed by atoms with Crippen molar-refractivity contribution in [3.63, 3.8) is 0 Å². The van der Waals surface area contributed by atoms with E-state index in [0.29, 0.717) is 23.6 Å². The molecule has 7 heteroatoms. The summed E-state index contributed by atoms with van der Waals surface area (Å²) in [5.41, 5.74) is 2.46. The first-order chi connectivity index (χ1) is 18.1. The van der Waals surface area contributed by atoms with E-state index >= 15 is 0 Å². The summed E-state index contributed by atoms with van der Waals surface area (Å²) in [6, 6.07) is 20.0. The zero-order valence-electron chi connectivity index (χ0n) is 21.5. The van der Waals surface area contributed by atoms with Crippen molar-refractivity contribution in [3.8, 4) is 0 Å². The van der Waals surface area contributed by atoms with Crippen molar-refractivity contribution in [1.29, 1.82) is 0 Å². The van der Waals surface area contributed by atoms with Crippen molar-refractivity contribution in [3.05, 3.63) is 105 Å². The SMILES string of the molecule is Cn1c(=O)n(C/C=C/c2ccccc2)c(=O)c2c1nc(CCC1CCCNCC1)n2Cc1ccccc1. The molecule has 0 bridgehead atoms. The quantitative estimate of drug-likeness (QED) is 0.400. The number of nitrogens with one attached hydrogen (secondary N) is 1. The van der Waals surface area contributed by atoms with Gasteiger partial charge in [-0.1, -0.05) is 72.8 Å². The Morgan fingerprint density at radius 1 is 0.973 bits per heavy atom. The Kier molecular flexibility index (Phi) is 7.80. The first kappa shape index (κ1) is 25.0. The molecular weight excluding hydrogens is 462 g/mol. The number of benzene rings is 2. The molecular formula is C30H35N5O2. The minimum Gasteiger partial charge on any atom is -0.318 e. The van der Waals surface area contributed by atoms with Gasteiger partial charge in [0.25, 0.3) is 5.56 Å². The van der Waals surface area contributed by atoms with E-state index in [1.54, 1.807) is 7.05 Å². The van der Waals surface area contributed by atoms with Crippen molar-refractivity contribution >= 4 is 17.2 Å².